The number of amides is 1. The molecule has 0 heterocycles. The van der Waals surface area contributed by atoms with Gasteiger partial charge in [0.25, 0.3) is 0 Å². The summed E-state index contributed by atoms with van der Waals surface area (Å²) >= 11 is 0. The fourth-order valence-corrected chi connectivity index (χ4v) is 2.20. The Morgan fingerprint density at radius 2 is 2.07 bits per heavy atom. The topological polar surface area (TPSA) is 57.6 Å². The Morgan fingerprint density at radius 3 is 2.60 bits per heavy atom. The molecule has 2 unspecified atom stereocenters. The third kappa shape index (κ3) is 2.49. The van der Waals surface area contributed by atoms with E-state index in [1.165, 1.54) is 12.8 Å². The fourth-order valence-electron chi connectivity index (χ4n) is 2.20. The van der Waals surface area contributed by atoms with E-state index in [0.29, 0.717) is 12.5 Å². The van der Waals surface area contributed by atoms with Crippen LogP contribution in [0.1, 0.15) is 25.7 Å². The maximum Gasteiger partial charge on any atom is 0.305 e. The predicted molar refractivity (Wildman–Crippen MR) is 54.2 cm³/mol. The number of hydrogen-bond acceptors (Lipinski definition) is 2. The van der Waals surface area contributed by atoms with Crippen LogP contribution < -0.4 is 0 Å². The quantitative estimate of drug-likeness (QED) is 0.737. The van der Waals surface area contributed by atoms with Crippen LogP contribution >= 0.6 is 0 Å². The summed E-state index contributed by atoms with van der Waals surface area (Å²) in [4.78, 5) is 23.7. The Morgan fingerprint density at radius 1 is 1.40 bits per heavy atom. The Balaban J connectivity index is 1.73. The van der Waals surface area contributed by atoms with Crippen LogP contribution in [-0.4, -0.2) is 35.5 Å². The number of rotatable bonds is 5. The van der Waals surface area contributed by atoms with E-state index in [2.05, 4.69) is 0 Å². The zero-order valence-corrected chi connectivity index (χ0v) is 8.98. The summed E-state index contributed by atoms with van der Waals surface area (Å²) in [6, 6.07) is 0. The normalized spacial score (nSPS) is 28.6. The highest BCUT2D eigenvalue weighted by atomic mass is 16.4. The molecular weight excluding hydrogens is 194 g/mol. The van der Waals surface area contributed by atoms with E-state index in [4.69, 9.17) is 5.11 Å². The minimum atomic E-state index is -0.843. The van der Waals surface area contributed by atoms with Crippen LogP contribution in [0.3, 0.4) is 0 Å². The van der Waals surface area contributed by atoms with Gasteiger partial charge in [0.2, 0.25) is 5.91 Å². The van der Waals surface area contributed by atoms with Crippen molar-refractivity contribution in [2.75, 3.05) is 13.6 Å². The first kappa shape index (κ1) is 10.5. The number of aliphatic carboxylic acids is 1. The predicted octanol–water partition coefficient (Wildman–Crippen LogP) is 0.966. The first-order valence-corrected chi connectivity index (χ1v) is 5.56. The Hall–Kier alpha value is -1.06. The van der Waals surface area contributed by atoms with Crippen LogP contribution in [0.25, 0.3) is 0 Å². The van der Waals surface area contributed by atoms with Gasteiger partial charge in [-0.05, 0) is 31.1 Å². The lowest BCUT2D eigenvalue weighted by Crippen LogP contribution is -2.30. The highest BCUT2D eigenvalue weighted by molar-refractivity contribution is 5.82. The van der Waals surface area contributed by atoms with Gasteiger partial charge >= 0.3 is 5.97 Å². The first-order valence-electron chi connectivity index (χ1n) is 5.56. The number of carboxylic acid groups (broad SMARTS) is 1. The standard InChI is InChI=1S/C11H17NO3/c1-12(5-4-10(13)14)11(15)9-6-8(9)7-2-3-7/h7-9H,2-6H2,1H3,(H,13,14). The third-order valence-corrected chi connectivity index (χ3v) is 3.42. The summed E-state index contributed by atoms with van der Waals surface area (Å²) in [5.74, 6) is 0.922. The molecule has 2 atom stereocenters. The van der Waals surface area contributed by atoms with Crippen LogP contribution in [0.2, 0.25) is 0 Å². The molecule has 4 heteroatoms. The van der Waals surface area contributed by atoms with Gasteiger partial charge in [0, 0.05) is 19.5 Å². The molecule has 1 N–H and O–H groups in total. The van der Waals surface area contributed by atoms with Crippen molar-refractivity contribution in [1.29, 1.82) is 0 Å². The van der Waals surface area contributed by atoms with Crippen molar-refractivity contribution in [3.05, 3.63) is 0 Å². The van der Waals surface area contributed by atoms with E-state index in [9.17, 15) is 9.59 Å². The molecule has 15 heavy (non-hydrogen) atoms. The van der Waals surface area contributed by atoms with Crippen LogP contribution in [0.15, 0.2) is 0 Å². The summed E-state index contributed by atoms with van der Waals surface area (Å²) in [6.45, 7) is 0.335. The van der Waals surface area contributed by atoms with Crippen LogP contribution in [0.4, 0.5) is 0 Å². The smallest absolute Gasteiger partial charge is 0.305 e. The summed E-state index contributed by atoms with van der Waals surface area (Å²) in [5, 5.41) is 8.51. The van der Waals surface area contributed by atoms with Gasteiger partial charge in [-0.3, -0.25) is 9.59 Å². The number of carbonyl (C=O) groups is 2. The molecule has 0 spiro atoms. The molecule has 2 aliphatic carbocycles. The van der Waals surface area contributed by atoms with Crippen molar-refractivity contribution in [3.8, 4) is 0 Å². The molecule has 4 nitrogen and oxygen atoms in total. The second-order valence-corrected chi connectivity index (χ2v) is 4.75. The molecule has 2 saturated carbocycles. The van der Waals surface area contributed by atoms with Crippen molar-refractivity contribution in [2.45, 2.75) is 25.7 Å². The molecule has 0 saturated heterocycles. The molecular formula is C11H17NO3. The maximum absolute atomic E-state index is 11.8. The van der Waals surface area contributed by atoms with Gasteiger partial charge in [-0.1, -0.05) is 0 Å². The Bertz CT molecular complexity index is 286. The first-order chi connectivity index (χ1) is 7.09. The molecule has 0 aromatic rings. The van der Waals surface area contributed by atoms with Crippen molar-refractivity contribution in [1.82, 2.24) is 4.90 Å². The van der Waals surface area contributed by atoms with E-state index < -0.39 is 5.97 Å². The summed E-state index contributed by atoms with van der Waals surface area (Å²) < 4.78 is 0. The molecule has 0 aliphatic heterocycles. The lowest BCUT2D eigenvalue weighted by atomic mass is 10.2. The van der Waals surface area contributed by atoms with Crippen molar-refractivity contribution in [2.24, 2.45) is 17.8 Å². The minimum Gasteiger partial charge on any atom is -0.481 e. The Labute approximate surface area is 89.3 Å². The molecule has 0 aromatic heterocycles. The third-order valence-electron chi connectivity index (χ3n) is 3.42. The molecule has 84 valence electrons. The number of nitrogens with zero attached hydrogens (tertiary/aromatic N) is 1. The SMILES string of the molecule is CN(CCC(=O)O)C(=O)C1CC1C1CC1. The van der Waals surface area contributed by atoms with E-state index in [-0.39, 0.29) is 18.2 Å². The monoisotopic (exact) mass is 211 g/mol. The summed E-state index contributed by atoms with van der Waals surface area (Å²) in [6.07, 6.45) is 3.64. The molecule has 2 rings (SSSR count). The molecule has 0 radical (unpaired) electrons. The zero-order valence-electron chi connectivity index (χ0n) is 8.98. The molecule has 0 aromatic carbocycles. The van der Waals surface area contributed by atoms with E-state index >= 15 is 0 Å². The van der Waals surface area contributed by atoms with Gasteiger partial charge < -0.3 is 10.0 Å². The fraction of sp³-hybridized carbons (Fsp3) is 0.818. The Kier molecular flexibility index (Phi) is 2.67. The minimum absolute atomic E-state index is 0.0447. The van der Waals surface area contributed by atoms with Crippen molar-refractivity contribution in [3.63, 3.8) is 0 Å². The lowest BCUT2D eigenvalue weighted by molar-refractivity contribution is -0.138. The zero-order chi connectivity index (χ0) is 11.0. The molecule has 2 fully saturated rings. The number of carbonyl (C=O) groups excluding carboxylic acids is 1. The van der Waals surface area contributed by atoms with Crippen LogP contribution in [0, 0.1) is 17.8 Å². The maximum atomic E-state index is 11.8. The molecule has 2 aliphatic rings. The number of carboxylic acids is 1. The van der Waals surface area contributed by atoms with Crippen molar-refractivity contribution >= 4 is 11.9 Å². The second-order valence-electron chi connectivity index (χ2n) is 4.75. The average molecular weight is 211 g/mol. The van der Waals surface area contributed by atoms with E-state index in [0.717, 1.165) is 12.3 Å². The van der Waals surface area contributed by atoms with Gasteiger partial charge in [0.1, 0.15) is 0 Å². The van der Waals surface area contributed by atoms with Crippen LogP contribution in [-0.2, 0) is 9.59 Å². The lowest BCUT2D eigenvalue weighted by Gasteiger charge is -2.15. The second kappa shape index (κ2) is 3.83. The molecule has 0 bridgehead atoms. The van der Waals surface area contributed by atoms with Gasteiger partial charge in [0.05, 0.1) is 6.42 Å². The van der Waals surface area contributed by atoms with E-state index in [1.54, 1.807) is 11.9 Å². The summed E-state index contributed by atoms with van der Waals surface area (Å²) in [5.41, 5.74) is 0. The van der Waals surface area contributed by atoms with Gasteiger partial charge in [-0.25, -0.2) is 0 Å². The van der Waals surface area contributed by atoms with Gasteiger partial charge in [-0.15, -0.1) is 0 Å². The molecule has 1 amide bonds. The van der Waals surface area contributed by atoms with E-state index in [1.807, 2.05) is 0 Å². The van der Waals surface area contributed by atoms with Crippen molar-refractivity contribution < 1.29 is 14.7 Å². The number of hydrogen-bond donors (Lipinski definition) is 1. The van der Waals surface area contributed by atoms with Gasteiger partial charge in [0.15, 0.2) is 0 Å². The summed E-state index contributed by atoms with van der Waals surface area (Å²) in [7, 11) is 1.70. The highest BCUT2D eigenvalue weighted by Crippen LogP contribution is 2.54. The van der Waals surface area contributed by atoms with Gasteiger partial charge in [-0.2, -0.15) is 0 Å². The average Bonchev–Trinajstić information content (AvgIpc) is 3.02. The highest BCUT2D eigenvalue weighted by Gasteiger charge is 2.51. The largest absolute Gasteiger partial charge is 0.481 e. The van der Waals surface area contributed by atoms with Crippen LogP contribution in [0.5, 0.6) is 0 Å².